The summed E-state index contributed by atoms with van der Waals surface area (Å²) < 4.78 is 20.4. The van der Waals surface area contributed by atoms with Crippen LogP contribution in [-0.4, -0.2) is 13.2 Å². The molecule has 0 radical (unpaired) electrons. The lowest BCUT2D eigenvalue weighted by molar-refractivity contribution is 0.285. The van der Waals surface area contributed by atoms with Crippen molar-refractivity contribution in [3.05, 3.63) is 64.4 Å². The van der Waals surface area contributed by atoms with Gasteiger partial charge >= 0.3 is 0 Å². The summed E-state index contributed by atoms with van der Waals surface area (Å²) in [6.07, 6.45) is 0.704. The van der Waals surface area contributed by atoms with Crippen molar-refractivity contribution >= 4 is 15.9 Å². The van der Waals surface area contributed by atoms with E-state index >= 15 is 0 Å². The summed E-state index contributed by atoms with van der Waals surface area (Å²) in [4.78, 5) is 0. The highest BCUT2D eigenvalue weighted by Crippen LogP contribution is 2.26. The van der Waals surface area contributed by atoms with Gasteiger partial charge in [0.2, 0.25) is 0 Å². The second kappa shape index (κ2) is 8.15. The molecule has 1 unspecified atom stereocenters. The van der Waals surface area contributed by atoms with Crippen LogP contribution in [0, 0.1) is 5.82 Å². The zero-order valence-corrected chi connectivity index (χ0v) is 13.6. The first-order chi connectivity index (χ1) is 10.2. The van der Waals surface area contributed by atoms with Crippen LogP contribution in [0.1, 0.15) is 24.9 Å². The largest absolute Gasteiger partial charge is 0.494 e. The van der Waals surface area contributed by atoms with Gasteiger partial charge in [-0.05, 0) is 40.7 Å². The number of nitrogens with one attached hydrogen (secondary N) is 1. The molecule has 1 N–H and O–H groups in total. The maximum atomic E-state index is 14.2. The minimum atomic E-state index is -0.205. The van der Waals surface area contributed by atoms with Crippen LogP contribution in [0.15, 0.2) is 53.0 Å². The van der Waals surface area contributed by atoms with Crippen molar-refractivity contribution in [2.75, 3.05) is 13.2 Å². The van der Waals surface area contributed by atoms with Gasteiger partial charge in [-0.2, -0.15) is 0 Å². The number of ether oxygens (including phenoxy) is 1. The fraction of sp³-hybridized carbons (Fsp3) is 0.294. The van der Waals surface area contributed by atoms with Crippen LogP contribution in [0.25, 0.3) is 0 Å². The molecule has 0 fully saturated rings. The normalized spacial score (nSPS) is 12.1. The van der Waals surface area contributed by atoms with E-state index in [-0.39, 0.29) is 11.9 Å². The van der Waals surface area contributed by atoms with Crippen LogP contribution >= 0.6 is 15.9 Å². The molecule has 0 aliphatic rings. The first kappa shape index (κ1) is 16.0. The molecule has 0 amide bonds. The quantitative estimate of drug-likeness (QED) is 0.779. The van der Waals surface area contributed by atoms with Crippen LogP contribution in [0.3, 0.4) is 0 Å². The molecule has 0 aliphatic heterocycles. The maximum absolute atomic E-state index is 14.2. The van der Waals surface area contributed by atoms with E-state index in [1.807, 2.05) is 49.4 Å². The van der Waals surface area contributed by atoms with Gasteiger partial charge in [0.05, 0.1) is 11.1 Å². The Morgan fingerprint density at radius 2 is 1.90 bits per heavy atom. The average molecular weight is 352 g/mol. The van der Waals surface area contributed by atoms with Crippen molar-refractivity contribution in [1.82, 2.24) is 5.32 Å². The smallest absolute Gasteiger partial charge is 0.142 e. The predicted molar refractivity (Wildman–Crippen MR) is 87.1 cm³/mol. The lowest BCUT2D eigenvalue weighted by Gasteiger charge is -2.19. The SMILES string of the molecule is CCNC(CCOc1ccccc1)c1cccc(Br)c1F. The number of benzene rings is 2. The number of para-hydroxylation sites is 1. The van der Waals surface area contributed by atoms with Gasteiger partial charge in [-0.15, -0.1) is 0 Å². The Hall–Kier alpha value is -1.39. The van der Waals surface area contributed by atoms with Crippen LogP contribution in [0.4, 0.5) is 4.39 Å². The van der Waals surface area contributed by atoms with Gasteiger partial charge in [-0.1, -0.05) is 37.3 Å². The Kier molecular flexibility index (Phi) is 6.21. The Morgan fingerprint density at radius 3 is 2.62 bits per heavy atom. The van der Waals surface area contributed by atoms with E-state index < -0.39 is 0 Å². The van der Waals surface area contributed by atoms with Gasteiger partial charge in [0.1, 0.15) is 11.6 Å². The van der Waals surface area contributed by atoms with E-state index in [9.17, 15) is 4.39 Å². The van der Waals surface area contributed by atoms with Crippen molar-refractivity contribution in [2.24, 2.45) is 0 Å². The third-order valence-electron chi connectivity index (χ3n) is 3.23. The molecule has 0 saturated heterocycles. The molecule has 0 aliphatic carbocycles. The van der Waals surface area contributed by atoms with Gasteiger partial charge in [0.15, 0.2) is 0 Å². The third kappa shape index (κ3) is 4.55. The van der Waals surface area contributed by atoms with Crippen molar-refractivity contribution < 1.29 is 9.13 Å². The van der Waals surface area contributed by atoms with E-state index in [1.54, 1.807) is 6.07 Å². The third-order valence-corrected chi connectivity index (χ3v) is 3.84. The van der Waals surface area contributed by atoms with Crippen molar-refractivity contribution in [3.8, 4) is 5.75 Å². The molecular weight excluding hydrogens is 333 g/mol. The first-order valence-corrected chi connectivity index (χ1v) is 7.86. The van der Waals surface area contributed by atoms with E-state index in [0.717, 1.165) is 12.3 Å². The minimum Gasteiger partial charge on any atom is -0.494 e. The fourth-order valence-corrected chi connectivity index (χ4v) is 2.60. The zero-order chi connectivity index (χ0) is 15.1. The van der Waals surface area contributed by atoms with Gasteiger partial charge < -0.3 is 10.1 Å². The second-order valence-corrected chi connectivity index (χ2v) is 5.56. The highest BCUT2D eigenvalue weighted by atomic mass is 79.9. The highest BCUT2D eigenvalue weighted by molar-refractivity contribution is 9.10. The number of halogens is 2. The van der Waals surface area contributed by atoms with Crippen LogP contribution < -0.4 is 10.1 Å². The van der Waals surface area contributed by atoms with Crippen LogP contribution in [0.2, 0.25) is 0 Å². The molecule has 2 aromatic carbocycles. The molecule has 112 valence electrons. The number of rotatable bonds is 7. The van der Waals surface area contributed by atoms with Gasteiger partial charge in [-0.3, -0.25) is 0 Å². The van der Waals surface area contributed by atoms with E-state index in [1.165, 1.54) is 0 Å². The molecule has 1 atom stereocenters. The number of hydrogen-bond donors (Lipinski definition) is 1. The van der Waals surface area contributed by atoms with Crippen molar-refractivity contribution in [2.45, 2.75) is 19.4 Å². The topological polar surface area (TPSA) is 21.3 Å². The molecule has 0 aromatic heterocycles. The monoisotopic (exact) mass is 351 g/mol. The fourth-order valence-electron chi connectivity index (χ4n) is 2.21. The second-order valence-electron chi connectivity index (χ2n) is 4.70. The molecule has 2 rings (SSSR count). The van der Waals surface area contributed by atoms with Gasteiger partial charge in [-0.25, -0.2) is 4.39 Å². The van der Waals surface area contributed by atoms with Gasteiger partial charge in [0.25, 0.3) is 0 Å². The van der Waals surface area contributed by atoms with Gasteiger partial charge in [0, 0.05) is 18.0 Å². The molecule has 0 spiro atoms. The average Bonchev–Trinajstić information content (AvgIpc) is 2.50. The van der Waals surface area contributed by atoms with Crippen molar-refractivity contribution in [1.29, 1.82) is 0 Å². The summed E-state index contributed by atoms with van der Waals surface area (Å²) in [5, 5.41) is 3.31. The minimum absolute atomic E-state index is 0.0591. The molecule has 0 saturated carbocycles. The molecule has 0 heterocycles. The Morgan fingerprint density at radius 1 is 1.14 bits per heavy atom. The Bertz CT molecular complexity index is 562. The molecular formula is C17H19BrFNO. The van der Waals surface area contributed by atoms with E-state index in [0.29, 0.717) is 23.1 Å². The lowest BCUT2D eigenvalue weighted by Crippen LogP contribution is -2.24. The molecule has 2 nitrogen and oxygen atoms in total. The molecule has 2 aromatic rings. The van der Waals surface area contributed by atoms with E-state index in [4.69, 9.17) is 4.74 Å². The van der Waals surface area contributed by atoms with E-state index in [2.05, 4.69) is 21.2 Å². The summed E-state index contributed by atoms with van der Waals surface area (Å²) in [6, 6.07) is 15.0. The predicted octanol–water partition coefficient (Wildman–Crippen LogP) is 4.71. The summed E-state index contributed by atoms with van der Waals surface area (Å²) in [5.41, 5.74) is 0.669. The molecule has 4 heteroatoms. The van der Waals surface area contributed by atoms with Crippen LogP contribution in [-0.2, 0) is 0 Å². The lowest BCUT2D eigenvalue weighted by atomic mass is 10.0. The first-order valence-electron chi connectivity index (χ1n) is 7.07. The standard InChI is InChI=1S/C17H19BrFNO/c1-2-20-16(14-9-6-10-15(18)17(14)19)11-12-21-13-7-4-3-5-8-13/h3-10,16,20H,2,11-12H2,1H3. The summed E-state index contributed by atoms with van der Waals surface area (Å²) >= 11 is 3.24. The summed E-state index contributed by atoms with van der Waals surface area (Å²) in [6.45, 7) is 3.33. The van der Waals surface area contributed by atoms with Crippen LogP contribution in [0.5, 0.6) is 5.75 Å². The highest BCUT2D eigenvalue weighted by Gasteiger charge is 2.16. The number of hydrogen-bond acceptors (Lipinski definition) is 2. The molecule has 21 heavy (non-hydrogen) atoms. The van der Waals surface area contributed by atoms with Crippen molar-refractivity contribution in [3.63, 3.8) is 0 Å². The maximum Gasteiger partial charge on any atom is 0.142 e. The molecule has 0 bridgehead atoms. The summed E-state index contributed by atoms with van der Waals surface area (Å²) in [5.74, 6) is 0.630. The summed E-state index contributed by atoms with van der Waals surface area (Å²) in [7, 11) is 0. The Balaban J connectivity index is 2.00. The zero-order valence-electron chi connectivity index (χ0n) is 12.0. The Labute approximate surface area is 133 Å².